The highest BCUT2D eigenvalue weighted by molar-refractivity contribution is 6.05. The molecule has 2 aromatic rings. The normalized spacial score (nSPS) is 16.6. The Bertz CT molecular complexity index is 1120. The molecule has 0 aromatic heterocycles. The van der Waals surface area contributed by atoms with Crippen LogP contribution >= 0.6 is 0 Å². The summed E-state index contributed by atoms with van der Waals surface area (Å²) in [6.45, 7) is 5.80. The van der Waals surface area contributed by atoms with E-state index in [-0.39, 0.29) is 19.2 Å². The summed E-state index contributed by atoms with van der Waals surface area (Å²) in [5, 5.41) is 0. The van der Waals surface area contributed by atoms with Gasteiger partial charge in [0.15, 0.2) is 5.78 Å². The predicted molar refractivity (Wildman–Crippen MR) is 125 cm³/mol. The van der Waals surface area contributed by atoms with E-state index in [9.17, 15) is 35.9 Å². The summed E-state index contributed by atoms with van der Waals surface area (Å²) in [6, 6.07) is 9.84. The number of alkyl halides is 6. The van der Waals surface area contributed by atoms with Crippen molar-refractivity contribution in [2.45, 2.75) is 57.0 Å². The minimum atomic E-state index is -5.06. The van der Waals surface area contributed by atoms with Gasteiger partial charge in [-0.15, -0.1) is 0 Å². The van der Waals surface area contributed by atoms with Crippen LogP contribution in [0.25, 0.3) is 0 Å². The zero-order chi connectivity index (χ0) is 27.6. The van der Waals surface area contributed by atoms with E-state index in [2.05, 4.69) is 0 Å². The largest absolute Gasteiger partial charge is 0.444 e. The van der Waals surface area contributed by atoms with E-state index in [1.54, 1.807) is 39.0 Å². The molecule has 0 unspecified atom stereocenters. The van der Waals surface area contributed by atoms with Crippen LogP contribution in [0.4, 0.5) is 31.1 Å². The number of ether oxygens (including phenoxy) is 1. The maximum Gasteiger partial charge on any atom is 0.416 e. The molecule has 0 spiro atoms. The topological polar surface area (TPSA) is 46.6 Å². The van der Waals surface area contributed by atoms with Gasteiger partial charge in [0.05, 0.1) is 11.1 Å². The number of rotatable bonds is 4. The highest BCUT2D eigenvalue weighted by Gasteiger charge is 2.39. The van der Waals surface area contributed by atoms with E-state index in [1.165, 1.54) is 11.0 Å². The minimum absolute atomic E-state index is 0.0155. The molecule has 37 heavy (non-hydrogen) atoms. The Morgan fingerprint density at radius 3 is 1.84 bits per heavy atom. The van der Waals surface area contributed by atoms with Crippen LogP contribution < -0.4 is 0 Å². The van der Waals surface area contributed by atoms with Crippen LogP contribution in [0.15, 0.2) is 60.7 Å². The number of ketones is 1. The second-order valence-electron chi connectivity index (χ2n) is 9.98. The maximum atomic E-state index is 13.2. The highest BCUT2D eigenvalue weighted by atomic mass is 19.4. The van der Waals surface area contributed by atoms with Crippen molar-refractivity contribution < 1.29 is 40.7 Å². The number of carbonyl (C=O) groups excluding carboxylic acids is 2. The number of amides is 1. The molecule has 0 N–H and O–H groups in total. The molecular formula is C27H27F6NO3. The second kappa shape index (κ2) is 10.2. The average molecular weight is 528 g/mol. The van der Waals surface area contributed by atoms with Crippen LogP contribution in [-0.2, 0) is 22.5 Å². The number of likely N-dealkylation sites (tertiary alicyclic amines) is 1. The third kappa shape index (κ3) is 7.14. The molecule has 10 heteroatoms. The number of allylic oxidation sites excluding steroid dienone is 2. The molecule has 1 heterocycles. The van der Waals surface area contributed by atoms with Crippen LogP contribution in [0.1, 0.15) is 60.7 Å². The first-order chi connectivity index (χ1) is 17.0. The molecule has 1 aliphatic rings. The molecule has 1 aliphatic heterocycles. The van der Waals surface area contributed by atoms with E-state index < -0.39 is 51.9 Å². The quantitative estimate of drug-likeness (QED) is 0.236. The van der Waals surface area contributed by atoms with Gasteiger partial charge in [-0.25, -0.2) is 4.79 Å². The Hall–Kier alpha value is -3.30. The summed E-state index contributed by atoms with van der Waals surface area (Å²) >= 11 is 0. The van der Waals surface area contributed by atoms with Gasteiger partial charge in [-0.1, -0.05) is 36.4 Å². The molecule has 0 radical (unpaired) electrons. The first kappa shape index (κ1) is 28.3. The van der Waals surface area contributed by atoms with Gasteiger partial charge in [-0.05, 0) is 63.5 Å². The van der Waals surface area contributed by atoms with E-state index in [1.807, 2.05) is 12.1 Å². The molecule has 3 rings (SSSR count). The minimum Gasteiger partial charge on any atom is -0.444 e. The van der Waals surface area contributed by atoms with Crippen LogP contribution in [0.3, 0.4) is 0 Å². The van der Waals surface area contributed by atoms with Crippen molar-refractivity contribution in [3.63, 3.8) is 0 Å². The lowest BCUT2D eigenvalue weighted by Crippen LogP contribution is -2.46. The number of hydrogen-bond donors (Lipinski definition) is 0. The van der Waals surface area contributed by atoms with Gasteiger partial charge in [-0.2, -0.15) is 26.3 Å². The summed E-state index contributed by atoms with van der Waals surface area (Å²) in [4.78, 5) is 26.9. The van der Waals surface area contributed by atoms with Crippen molar-refractivity contribution in [2.75, 3.05) is 13.1 Å². The summed E-state index contributed by atoms with van der Waals surface area (Å²) in [5.41, 5.74) is -4.46. The Morgan fingerprint density at radius 2 is 1.38 bits per heavy atom. The standard InChI is InChI=1S/C27H27F6NO3/c1-24(2,3)37-23(36)34-13-11-25(12-14-34,19-7-5-4-6-8-19)10-9-22(35)18-15-20(26(28,29)30)17-21(16-18)27(31,32)33/h4-10,15-17H,11-14H2,1-3H3/b10-9+. The van der Waals surface area contributed by atoms with Gasteiger partial charge in [-0.3, -0.25) is 4.79 Å². The summed E-state index contributed by atoms with van der Waals surface area (Å²) < 4.78 is 84.8. The fraction of sp³-hybridized carbons (Fsp3) is 0.407. The maximum absolute atomic E-state index is 13.2. The number of benzene rings is 2. The van der Waals surface area contributed by atoms with E-state index in [0.717, 1.165) is 11.6 Å². The Labute approximate surface area is 210 Å². The Balaban J connectivity index is 1.92. The molecule has 0 bridgehead atoms. The molecular weight excluding hydrogens is 500 g/mol. The van der Waals surface area contributed by atoms with Crippen LogP contribution in [0.2, 0.25) is 0 Å². The average Bonchev–Trinajstić information content (AvgIpc) is 2.81. The summed E-state index contributed by atoms with van der Waals surface area (Å²) in [5.74, 6) is -0.985. The number of halogens is 6. The molecule has 4 nitrogen and oxygen atoms in total. The monoisotopic (exact) mass is 527 g/mol. The van der Waals surface area contributed by atoms with Crippen molar-refractivity contribution in [2.24, 2.45) is 0 Å². The van der Waals surface area contributed by atoms with Crippen LogP contribution in [0.5, 0.6) is 0 Å². The van der Waals surface area contributed by atoms with Crippen LogP contribution in [0, 0.1) is 0 Å². The first-order valence-electron chi connectivity index (χ1n) is 11.6. The fourth-order valence-electron chi connectivity index (χ4n) is 4.17. The van der Waals surface area contributed by atoms with Crippen molar-refractivity contribution >= 4 is 11.9 Å². The Kier molecular flexibility index (Phi) is 7.81. The van der Waals surface area contributed by atoms with Gasteiger partial charge in [0.2, 0.25) is 0 Å². The third-order valence-corrected chi connectivity index (χ3v) is 6.08. The number of piperidine rings is 1. The van der Waals surface area contributed by atoms with E-state index in [0.29, 0.717) is 25.0 Å². The van der Waals surface area contributed by atoms with Crippen molar-refractivity contribution in [1.82, 2.24) is 4.90 Å². The second-order valence-corrected chi connectivity index (χ2v) is 9.98. The van der Waals surface area contributed by atoms with Crippen molar-refractivity contribution in [3.05, 3.63) is 82.9 Å². The highest BCUT2D eigenvalue weighted by Crippen LogP contribution is 2.39. The number of nitrogens with zero attached hydrogens (tertiary/aromatic N) is 1. The SMILES string of the molecule is CC(C)(C)OC(=O)N1CCC(/C=C/C(=O)c2cc(C(F)(F)F)cc(C(F)(F)F)c2)(c2ccccc2)CC1. The lowest BCUT2D eigenvalue weighted by Gasteiger charge is -2.40. The van der Waals surface area contributed by atoms with Crippen LogP contribution in [-0.4, -0.2) is 35.5 Å². The van der Waals surface area contributed by atoms with Gasteiger partial charge < -0.3 is 9.64 Å². The summed E-state index contributed by atoms with van der Waals surface area (Å²) in [7, 11) is 0. The van der Waals surface area contributed by atoms with Crippen molar-refractivity contribution in [3.8, 4) is 0 Å². The molecule has 2 aromatic carbocycles. The summed E-state index contributed by atoms with van der Waals surface area (Å²) in [6.07, 6.45) is -7.32. The molecule has 1 amide bonds. The number of carbonyl (C=O) groups is 2. The van der Waals surface area contributed by atoms with Gasteiger partial charge in [0, 0.05) is 24.1 Å². The predicted octanol–water partition coefficient (Wildman–Crippen LogP) is 7.43. The van der Waals surface area contributed by atoms with Gasteiger partial charge >= 0.3 is 18.4 Å². The third-order valence-electron chi connectivity index (χ3n) is 6.08. The fourth-order valence-corrected chi connectivity index (χ4v) is 4.17. The molecule has 0 atom stereocenters. The Morgan fingerprint density at radius 1 is 0.865 bits per heavy atom. The molecule has 200 valence electrons. The molecule has 1 saturated heterocycles. The van der Waals surface area contributed by atoms with Gasteiger partial charge in [0.25, 0.3) is 0 Å². The van der Waals surface area contributed by atoms with Gasteiger partial charge in [0.1, 0.15) is 5.60 Å². The smallest absolute Gasteiger partial charge is 0.416 e. The zero-order valence-electron chi connectivity index (χ0n) is 20.5. The van der Waals surface area contributed by atoms with E-state index in [4.69, 9.17) is 4.74 Å². The molecule has 0 saturated carbocycles. The zero-order valence-corrected chi connectivity index (χ0v) is 20.5. The van der Waals surface area contributed by atoms with E-state index >= 15 is 0 Å². The first-order valence-corrected chi connectivity index (χ1v) is 11.6. The lowest BCUT2D eigenvalue weighted by atomic mass is 9.72. The molecule has 1 fully saturated rings. The lowest BCUT2D eigenvalue weighted by molar-refractivity contribution is -0.143. The number of hydrogen-bond acceptors (Lipinski definition) is 3. The van der Waals surface area contributed by atoms with Crippen molar-refractivity contribution in [1.29, 1.82) is 0 Å². The molecule has 0 aliphatic carbocycles.